The highest BCUT2D eigenvalue weighted by molar-refractivity contribution is 9.10. The summed E-state index contributed by atoms with van der Waals surface area (Å²) in [5.41, 5.74) is 8.85. The first-order chi connectivity index (χ1) is 8.31. The molecule has 1 aromatic heterocycles. The van der Waals surface area contributed by atoms with Gasteiger partial charge in [-0.25, -0.2) is 4.68 Å². The molecule has 0 atom stereocenters. The molecule has 0 radical (unpaired) electrons. The van der Waals surface area contributed by atoms with Crippen LogP contribution in [0.3, 0.4) is 0 Å². The van der Waals surface area contributed by atoms with E-state index in [-0.39, 0.29) is 0 Å². The predicted octanol–water partition coefficient (Wildman–Crippen LogP) is 2.37. The predicted molar refractivity (Wildman–Crippen MR) is 68.9 cm³/mol. The van der Waals surface area contributed by atoms with Crippen molar-refractivity contribution >= 4 is 15.9 Å². The van der Waals surface area contributed by atoms with E-state index in [2.05, 4.69) is 26.2 Å². The summed E-state index contributed by atoms with van der Waals surface area (Å²) in [6.07, 6.45) is 2.43. The Hall–Kier alpha value is -1.20. The molecular formula is C12H13BrN4. The summed E-state index contributed by atoms with van der Waals surface area (Å²) in [6.45, 7) is 0.455. The van der Waals surface area contributed by atoms with Crippen molar-refractivity contribution in [3.8, 4) is 5.69 Å². The highest BCUT2D eigenvalue weighted by atomic mass is 79.9. The number of aromatic nitrogens is 3. The fourth-order valence-electron chi connectivity index (χ4n) is 2.03. The number of nitrogens with zero attached hydrogens (tertiary/aromatic N) is 3. The Labute approximate surface area is 108 Å². The molecule has 1 aliphatic rings. The van der Waals surface area contributed by atoms with E-state index in [1.165, 1.54) is 18.5 Å². The largest absolute Gasteiger partial charge is 0.325 e. The summed E-state index contributed by atoms with van der Waals surface area (Å²) >= 11 is 3.55. The van der Waals surface area contributed by atoms with Crippen molar-refractivity contribution in [2.45, 2.75) is 25.3 Å². The number of hydrogen-bond donors (Lipinski definition) is 1. The van der Waals surface area contributed by atoms with Gasteiger partial charge in [0.2, 0.25) is 0 Å². The zero-order valence-electron chi connectivity index (χ0n) is 9.31. The van der Waals surface area contributed by atoms with E-state index in [0.29, 0.717) is 12.5 Å². The van der Waals surface area contributed by atoms with Crippen LogP contribution < -0.4 is 5.73 Å². The first-order valence-electron chi connectivity index (χ1n) is 5.70. The summed E-state index contributed by atoms with van der Waals surface area (Å²) in [7, 11) is 0. The van der Waals surface area contributed by atoms with Crippen molar-refractivity contribution in [1.82, 2.24) is 15.0 Å². The minimum atomic E-state index is 0.455. The van der Waals surface area contributed by atoms with Gasteiger partial charge in [0.1, 0.15) is 5.69 Å². The topological polar surface area (TPSA) is 56.7 Å². The van der Waals surface area contributed by atoms with E-state index < -0.39 is 0 Å². The molecule has 5 heteroatoms. The van der Waals surface area contributed by atoms with E-state index in [1.807, 2.05) is 28.9 Å². The van der Waals surface area contributed by atoms with Crippen molar-refractivity contribution in [2.24, 2.45) is 5.73 Å². The molecule has 88 valence electrons. The van der Waals surface area contributed by atoms with Crippen LogP contribution >= 0.6 is 15.9 Å². The molecule has 1 saturated carbocycles. The molecule has 17 heavy (non-hydrogen) atoms. The summed E-state index contributed by atoms with van der Waals surface area (Å²) < 4.78 is 2.94. The Balaban J connectivity index is 2.14. The quantitative estimate of drug-likeness (QED) is 0.945. The first kappa shape index (κ1) is 10.9. The smallest absolute Gasteiger partial charge is 0.100 e. The van der Waals surface area contributed by atoms with Crippen molar-refractivity contribution in [2.75, 3.05) is 0 Å². The Kier molecular flexibility index (Phi) is 2.72. The van der Waals surface area contributed by atoms with E-state index in [1.54, 1.807) is 0 Å². The molecule has 1 heterocycles. The second-order valence-electron chi connectivity index (χ2n) is 4.26. The molecule has 2 N–H and O–H groups in total. The zero-order valence-corrected chi connectivity index (χ0v) is 10.9. The van der Waals surface area contributed by atoms with Gasteiger partial charge in [-0.15, -0.1) is 5.10 Å². The van der Waals surface area contributed by atoms with Gasteiger partial charge in [-0.1, -0.05) is 17.3 Å². The van der Waals surface area contributed by atoms with Gasteiger partial charge in [-0.2, -0.15) is 0 Å². The van der Waals surface area contributed by atoms with Crippen LogP contribution in [0.1, 0.15) is 30.1 Å². The lowest BCUT2D eigenvalue weighted by atomic mass is 10.2. The molecule has 1 aromatic carbocycles. The van der Waals surface area contributed by atoms with Crippen molar-refractivity contribution in [3.63, 3.8) is 0 Å². The third-order valence-electron chi connectivity index (χ3n) is 3.02. The van der Waals surface area contributed by atoms with Crippen LogP contribution in [0.15, 0.2) is 28.7 Å². The van der Waals surface area contributed by atoms with Crippen LogP contribution in [0, 0.1) is 0 Å². The molecule has 4 nitrogen and oxygen atoms in total. The number of nitrogens with two attached hydrogens (primary N) is 1. The Morgan fingerprint density at radius 3 is 2.76 bits per heavy atom. The number of benzene rings is 1. The fraction of sp³-hybridized carbons (Fsp3) is 0.333. The van der Waals surface area contributed by atoms with Gasteiger partial charge in [0.25, 0.3) is 0 Å². The maximum absolute atomic E-state index is 5.72. The molecule has 1 aliphatic carbocycles. The van der Waals surface area contributed by atoms with Gasteiger partial charge in [0.05, 0.1) is 11.4 Å². The number of para-hydroxylation sites is 1. The SMILES string of the molecule is NCc1nnn(-c2ccccc2Br)c1C1CC1. The molecule has 0 aliphatic heterocycles. The monoisotopic (exact) mass is 292 g/mol. The van der Waals surface area contributed by atoms with Crippen LogP contribution in [-0.4, -0.2) is 15.0 Å². The summed E-state index contributed by atoms with van der Waals surface area (Å²) in [5, 5.41) is 8.42. The maximum atomic E-state index is 5.72. The Morgan fingerprint density at radius 2 is 2.12 bits per heavy atom. The molecule has 1 fully saturated rings. The van der Waals surface area contributed by atoms with Crippen molar-refractivity contribution in [1.29, 1.82) is 0 Å². The minimum absolute atomic E-state index is 0.455. The lowest BCUT2D eigenvalue weighted by Gasteiger charge is -2.08. The van der Waals surface area contributed by atoms with Gasteiger partial charge < -0.3 is 5.73 Å². The second kappa shape index (κ2) is 4.23. The van der Waals surface area contributed by atoms with Crippen LogP contribution in [0.2, 0.25) is 0 Å². The molecule has 2 aromatic rings. The third-order valence-corrected chi connectivity index (χ3v) is 3.69. The first-order valence-corrected chi connectivity index (χ1v) is 6.50. The Morgan fingerprint density at radius 1 is 1.35 bits per heavy atom. The molecule has 0 unspecified atom stereocenters. The summed E-state index contributed by atoms with van der Waals surface area (Å²) in [5.74, 6) is 0.579. The lowest BCUT2D eigenvalue weighted by Crippen LogP contribution is -2.05. The van der Waals surface area contributed by atoms with Gasteiger partial charge in [0, 0.05) is 16.9 Å². The van der Waals surface area contributed by atoms with Gasteiger partial charge in [0.15, 0.2) is 0 Å². The summed E-state index contributed by atoms with van der Waals surface area (Å²) in [6, 6.07) is 8.03. The maximum Gasteiger partial charge on any atom is 0.100 e. The molecular weight excluding hydrogens is 280 g/mol. The number of hydrogen-bond acceptors (Lipinski definition) is 3. The minimum Gasteiger partial charge on any atom is -0.325 e. The second-order valence-corrected chi connectivity index (χ2v) is 5.12. The zero-order chi connectivity index (χ0) is 11.8. The molecule has 0 saturated heterocycles. The van der Waals surface area contributed by atoms with Crippen LogP contribution in [0.4, 0.5) is 0 Å². The van der Waals surface area contributed by atoms with Gasteiger partial charge >= 0.3 is 0 Å². The highest BCUT2D eigenvalue weighted by Gasteiger charge is 2.31. The van der Waals surface area contributed by atoms with Gasteiger partial charge in [-0.3, -0.25) is 0 Å². The molecule has 0 amide bonds. The standard InChI is InChI=1S/C12H13BrN4/c13-9-3-1-2-4-11(9)17-12(8-5-6-8)10(7-14)15-16-17/h1-4,8H,5-7,14H2. The van der Waals surface area contributed by atoms with Crippen LogP contribution in [0.25, 0.3) is 5.69 Å². The van der Waals surface area contributed by atoms with E-state index in [0.717, 1.165) is 15.9 Å². The van der Waals surface area contributed by atoms with Crippen LogP contribution in [0.5, 0.6) is 0 Å². The third kappa shape index (κ3) is 1.89. The molecule has 0 bridgehead atoms. The molecule has 3 rings (SSSR count). The Bertz CT molecular complexity index is 545. The lowest BCUT2D eigenvalue weighted by molar-refractivity contribution is 0.761. The van der Waals surface area contributed by atoms with E-state index in [9.17, 15) is 0 Å². The van der Waals surface area contributed by atoms with Crippen molar-refractivity contribution < 1.29 is 0 Å². The van der Waals surface area contributed by atoms with Crippen LogP contribution in [-0.2, 0) is 6.54 Å². The number of halogens is 1. The highest BCUT2D eigenvalue weighted by Crippen LogP contribution is 2.42. The van der Waals surface area contributed by atoms with Gasteiger partial charge in [-0.05, 0) is 40.9 Å². The fourth-order valence-corrected chi connectivity index (χ4v) is 2.49. The average molecular weight is 293 g/mol. The normalized spacial score (nSPS) is 15.2. The van der Waals surface area contributed by atoms with E-state index >= 15 is 0 Å². The summed E-state index contributed by atoms with van der Waals surface area (Å²) in [4.78, 5) is 0. The molecule has 0 spiro atoms. The van der Waals surface area contributed by atoms with E-state index in [4.69, 9.17) is 5.73 Å². The number of rotatable bonds is 3. The average Bonchev–Trinajstić information content (AvgIpc) is 3.10. The van der Waals surface area contributed by atoms with Crippen molar-refractivity contribution in [3.05, 3.63) is 40.1 Å².